The number of para-hydroxylation sites is 1. The average molecular weight is 352 g/mol. The molecule has 0 N–H and O–H groups in total. The van der Waals surface area contributed by atoms with E-state index < -0.39 is 6.29 Å². The summed E-state index contributed by atoms with van der Waals surface area (Å²) in [7, 11) is 4.86. The number of ether oxygens (including phenoxy) is 2. The fourth-order valence-electron chi connectivity index (χ4n) is 2.67. The lowest BCUT2D eigenvalue weighted by atomic mass is 10.2. The highest BCUT2D eigenvalue weighted by Crippen LogP contribution is 2.26. The highest BCUT2D eigenvalue weighted by Gasteiger charge is 2.35. The van der Waals surface area contributed by atoms with Gasteiger partial charge in [-0.25, -0.2) is 0 Å². The number of rotatable bonds is 7. The van der Waals surface area contributed by atoms with Crippen molar-refractivity contribution in [3.05, 3.63) is 30.3 Å². The third kappa shape index (κ3) is 4.49. The summed E-state index contributed by atoms with van der Waals surface area (Å²) in [5.74, 6) is 1.26. The zero-order valence-corrected chi connectivity index (χ0v) is 15.1. The zero-order chi connectivity index (χ0) is 17.5. The summed E-state index contributed by atoms with van der Waals surface area (Å²) in [6.07, 6.45) is -0.0673. The number of anilines is 1. The second kappa shape index (κ2) is 9.05. The van der Waals surface area contributed by atoms with Gasteiger partial charge in [0.05, 0.1) is 11.9 Å². The minimum Gasteiger partial charge on any atom is -0.354 e. The van der Waals surface area contributed by atoms with E-state index in [2.05, 4.69) is 0 Å². The normalized spacial score (nSPS) is 17.3. The summed E-state index contributed by atoms with van der Waals surface area (Å²) in [5, 5.41) is 0. The highest BCUT2D eigenvalue weighted by molar-refractivity contribution is 7.99. The fourth-order valence-corrected chi connectivity index (χ4v) is 3.89. The minimum absolute atomic E-state index is 0.0427. The molecule has 1 aliphatic rings. The number of nitrogens with zero attached hydrogens (tertiary/aromatic N) is 2. The Hall–Kier alpha value is -1.57. The lowest BCUT2D eigenvalue weighted by Gasteiger charge is -2.29. The van der Waals surface area contributed by atoms with Gasteiger partial charge in [-0.2, -0.15) is 0 Å². The maximum Gasteiger partial charge on any atom is 0.227 e. The third-order valence-electron chi connectivity index (χ3n) is 4.09. The van der Waals surface area contributed by atoms with Gasteiger partial charge in [0.25, 0.3) is 0 Å². The Labute approximate surface area is 147 Å². The summed E-state index contributed by atoms with van der Waals surface area (Å²) < 4.78 is 10.6. The number of hydrogen-bond acceptors (Lipinski definition) is 5. The predicted octanol–water partition coefficient (Wildman–Crippen LogP) is 1.95. The van der Waals surface area contributed by atoms with E-state index >= 15 is 0 Å². The lowest BCUT2D eigenvalue weighted by molar-refractivity contribution is -0.155. The molecule has 24 heavy (non-hydrogen) atoms. The number of carbonyl (C=O) groups is 2. The van der Waals surface area contributed by atoms with Crippen molar-refractivity contribution >= 4 is 29.3 Å². The molecule has 0 radical (unpaired) electrons. The Balaban J connectivity index is 1.89. The van der Waals surface area contributed by atoms with Crippen molar-refractivity contribution < 1.29 is 19.1 Å². The smallest absolute Gasteiger partial charge is 0.227 e. The fraction of sp³-hybridized carbons (Fsp3) is 0.529. The van der Waals surface area contributed by atoms with Crippen LogP contribution >= 0.6 is 11.8 Å². The number of thioether (sulfide) groups is 1. The van der Waals surface area contributed by atoms with Gasteiger partial charge in [0.1, 0.15) is 0 Å². The number of methoxy groups -OCH3 is 2. The molecule has 1 unspecified atom stereocenters. The molecule has 2 rings (SSSR count). The molecule has 0 saturated carbocycles. The number of benzene rings is 1. The molecule has 1 saturated heterocycles. The summed E-state index contributed by atoms with van der Waals surface area (Å²) >= 11 is 1.66. The van der Waals surface area contributed by atoms with Crippen LogP contribution in [0.2, 0.25) is 0 Å². The third-order valence-corrected chi connectivity index (χ3v) is 5.13. The Morgan fingerprint density at radius 3 is 2.54 bits per heavy atom. The number of carbonyl (C=O) groups excluding carboxylic acids is 2. The first-order chi connectivity index (χ1) is 11.6. The van der Waals surface area contributed by atoms with Gasteiger partial charge in [-0.15, -0.1) is 11.8 Å². The molecule has 7 heteroatoms. The number of amides is 2. The molecular formula is C17H24N2O4S. The van der Waals surface area contributed by atoms with Crippen LogP contribution in [0.3, 0.4) is 0 Å². The molecule has 1 aromatic carbocycles. The van der Waals surface area contributed by atoms with Crippen LogP contribution in [0.5, 0.6) is 0 Å². The average Bonchev–Trinajstić information content (AvgIpc) is 3.10. The van der Waals surface area contributed by atoms with Crippen molar-refractivity contribution in [1.82, 2.24) is 4.90 Å². The summed E-state index contributed by atoms with van der Waals surface area (Å²) in [6, 6.07) is 9.29. The minimum atomic E-state index is -0.438. The largest absolute Gasteiger partial charge is 0.354 e. The van der Waals surface area contributed by atoms with Crippen molar-refractivity contribution in [2.45, 2.75) is 25.2 Å². The standard InChI is InChI=1S/C17H24N2O4S/c1-18(13-7-5-4-6-8-13)15(20)9-10-16(21)19-12-24-11-14(19)17(22-2)23-3/h4-8,14,17H,9-12H2,1-3H3. The molecule has 6 nitrogen and oxygen atoms in total. The molecule has 1 aromatic rings. The van der Waals surface area contributed by atoms with Crippen LogP contribution in [-0.4, -0.2) is 61.9 Å². The van der Waals surface area contributed by atoms with Crippen molar-refractivity contribution in [2.75, 3.05) is 37.8 Å². The van der Waals surface area contributed by atoms with Gasteiger partial charge in [-0.05, 0) is 12.1 Å². The van der Waals surface area contributed by atoms with Crippen molar-refractivity contribution in [2.24, 2.45) is 0 Å². The van der Waals surface area contributed by atoms with Crippen LogP contribution in [0, 0.1) is 0 Å². The number of hydrogen-bond donors (Lipinski definition) is 0. The molecule has 0 bridgehead atoms. The molecule has 0 spiro atoms. The van der Waals surface area contributed by atoms with Gasteiger partial charge in [0.2, 0.25) is 11.8 Å². The van der Waals surface area contributed by atoms with Gasteiger partial charge < -0.3 is 19.3 Å². The zero-order valence-electron chi connectivity index (χ0n) is 14.3. The van der Waals surface area contributed by atoms with Gasteiger partial charge in [0, 0.05) is 45.5 Å². The Kier molecular flexibility index (Phi) is 7.08. The van der Waals surface area contributed by atoms with Gasteiger partial charge >= 0.3 is 0 Å². The van der Waals surface area contributed by atoms with E-state index in [-0.39, 0.29) is 30.7 Å². The van der Waals surface area contributed by atoms with Crippen LogP contribution in [-0.2, 0) is 19.1 Å². The van der Waals surface area contributed by atoms with Crippen LogP contribution in [0.4, 0.5) is 5.69 Å². The maximum atomic E-state index is 12.5. The quantitative estimate of drug-likeness (QED) is 0.702. The van der Waals surface area contributed by atoms with Gasteiger partial charge in [-0.3, -0.25) is 9.59 Å². The molecule has 2 amide bonds. The maximum absolute atomic E-state index is 12.5. The first-order valence-corrected chi connectivity index (χ1v) is 8.98. The Bertz CT molecular complexity index is 551. The van der Waals surface area contributed by atoms with E-state index in [1.165, 1.54) is 0 Å². The summed E-state index contributed by atoms with van der Waals surface area (Å²) in [6.45, 7) is 0. The summed E-state index contributed by atoms with van der Waals surface area (Å²) in [4.78, 5) is 28.1. The molecule has 1 aliphatic heterocycles. The van der Waals surface area contributed by atoms with Crippen molar-refractivity contribution in [3.8, 4) is 0 Å². The topological polar surface area (TPSA) is 59.1 Å². The van der Waals surface area contributed by atoms with Crippen molar-refractivity contribution in [1.29, 1.82) is 0 Å². The first kappa shape index (κ1) is 18.8. The lowest BCUT2D eigenvalue weighted by Crippen LogP contribution is -2.46. The Morgan fingerprint density at radius 2 is 1.92 bits per heavy atom. The molecule has 0 aromatic heterocycles. The van der Waals surface area contributed by atoms with E-state index in [0.29, 0.717) is 5.88 Å². The van der Waals surface area contributed by atoms with Crippen LogP contribution in [0.1, 0.15) is 12.8 Å². The molecule has 1 fully saturated rings. The second-order valence-corrected chi connectivity index (χ2v) is 6.56. The SMILES string of the molecule is COC(OC)C1CSCN1C(=O)CCC(=O)N(C)c1ccccc1. The molecule has 132 valence electrons. The van der Waals surface area contributed by atoms with E-state index in [9.17, 15) is 9.59 Å². The van der Waals surface area contributed by atoms with E-state index in [1.807, 2.05) is 30.3 Å². The molecular weight excluding hydrogens is 328 g/mol. The van der Waals surface area contributed by atoms with E-state index in [4.69, 9.17) is 9.47 Å². The Morgan fingerprint density at radius 1 is 1.25 bits per heavy atom. The van der Waals surface area contributed by atoms with Crippen LogP contribution in [0.25, 0.3) is 0 Å². The monoisotopic (exact) mass is 352 g/mol. The summed E-state index contributed by atoms with van der Waals surface area (Å²) in [5.41, 5.74) is 0.823. The second-order valence-electron chi connectivity index (χ2n) is 5.56. The molecule has 0 aliphatic carbocycles. The first-order valence-electron chi connectivity index (χ1n) is 7.83. The van der Waals surface area contributed by atoms with Gasteiger partial charge in [-0.1, -0.05) is 18.2 Å². The van der Waals surface area contributed by atoms with Crippen LogP contribution < -0.4 is 4.90 Å². The van der Waals surface area contributed by atoms with Crippen molar-refractivity contribution in [3.63, 3.8) is 0 Å². The molecule has 1 atom stereocenters. The molecule has 1 heterocycles. The van der Waals surface area contributed by atoms with Gasteiger partial charge in [0.15, 0.2) is 6.29 Å². The van der Waals surface area contributed by atoms with E-state index in [1.54, 1.807) is 42.8 Å². The van der Waals surface area contributed by atoms with Crippen LogP contribution in [0.15, 0.2) is 30.3 Å². The predicted molar refractivity (Wildman–Crippen MR) is 94.9 cm³/mol. The highest BCUT2D eigenvalue weighted by atomic mass is 32.2. The van der Waals surface area contributed by atoms with E-state index in [0.717, 1.165) is 11.4 Å².